The van der Waals surface area contributed by atoms with Gasteiger partial charge in [0.1, 0.15) is 17.1 Å². The normalized spacial score (nSPS) is 17.5. The molecule has 0 saturated carbocycles. The van der Waals surface area contributed by atoms with Gasteiger partial charge in [-0.05, 0) is 45.0 Å². The third-order valence-corrected chi connectivity index (χ3v) is 7.69. The van der Waals surface area contributed by atoms with E-state index in [1.54, 1.807) is 29.2 Å². The summed E-state index contributed by atoms with van der Waals surface area (Å²) in [6, 6.07) is 10.0. The Hall–Kier alpha value is -3.83. The average molecular weight is 554 g/mol. The minimum Gasteiger partial charge on any atom is -0.507 e. The molecule has 1 N–H and O–H groups in total. The molecule has 0 bridgehead atoms. The summed E-state index contributed by atoms with van der Waals surface area (Å²) < 4.78 is 37.3. The number of ketones is 1. The highest BCUT2D eigenvalue weighted by molar-refractivity contribution is 7.89. The van der Waals surface area contributed by atoms with Crippen molar-refractivity contribution in [3.8, 4) is 11.5 Å². The summed E-state index contributed by atoms with van der Waals surface area (Å²) in [6.45, 7) is 7.87. The van der Waals surface area contributed by atoms with Gasteiger partial charge in [0.15, 0.2) is 5.76 Å². The van der Waals surface area contributed by atoms with E-state index in [0.717, 1.165) is 6.26 Å². The van der Waals surface area contributed by atoms with Crippen molar-refractivity contribution in [3.63, 3.8) is 0 Å². The van der Waals surface area contributed by atoms with Crippen LogP contribution in [0, 0.1) is 0 Å². The predicted molar refractivity (Wildman–Crippen MR) is 146 cm³/mol. The molecule has 1 fully saturated rings. The van der Waals surface area contributed by atoms with Crippen LogP contribution in [0.2, 0.25) is 0 Å². The monoisotopic (exact) mass is 553 g/mol. The van der Waals surface area contributed by atoms with E-state index in [2.05, 4.69) is 4.90 Å². The lowest BCUT2D eigenvalue weighted by atomic mass is 10.0. The van der Waals surface area contributed by atoms with Crippen molar-refractivity contribution in [1.29, 1.82) is 0 Å². The fraction of sp³-hybridized carbons (Fsp3) is 0.357. The van der Waals surface area contributed by atoms with Crippen LogP contribution in [0.4, 0.5) is 4.79 Å². The summed E-state index contributed by atoms with van der Waals surface area (Å²) in [4.78, 5) is 29.4. The van der Waals surface area contributed by atoms with Crippen LogP contribution in [0.15, 0.2) is 48.4 Å². The second kappa shape index (κ2) is 9.73. The number of allylic oxidation sites excluding steroid dienone is 1. The quantitative estimate of drug-likeness (QED) is 0.485. The lowest BCUT2D eigenvalue weighted by Gasteiger charge is -2.35. The van der Waals surface area contributed by atoms with Crippen LogP contribution in [-0.4, -0.2) is 77.2 Å². The van der Waals surface area contributed by atoms with E-state index in [4.69, 9.17) is 9.47 Å². The van der Waals surface area contributed by atoms with Gasteiger partial charge in [-0.1, -0.05) is 18.2 Å². The Morgan fingerprint density at radius 3 is 2.46 bits per heavy atom. The molecule has 2 aromatic carbocycles. The van der Waals surface area contributed by atoms with Crippen molar-refractivity contribution >= 4 is 38.9 Å². The number of para-hydroxylation sites is 1. The predicted octanol–water partition coefficient (Wildman–Crippen LogP) is 3.82. The van der Waals surface area contributed by atoms with Gasteiger partial charge in [0.25, 0.3) is 0 Å². The summed E-state index contributed by atoms with van der Waals surface area (Å²) in [5.41, 5.74) is 1.26. The molecule has 0 aliphatic carbocycles. The Labute approximate surface area is 227 Å². The summed E-state index contributed by atoms with van der Waals surface area (Å²) in [6.07, 6.45) is 3.76. The number of benzene rings is 2. The number of carbonyl (C=O) groups excluding carboxylic acids is 2. The van der Waals surface area contributed by atoms with Gasteiger partial charge in [0.05, 0.1) is 22.9 Å². The second-order valence-corrected chi connectivity index (χ2v) is 12.6. The van der Waals surface area contributed by atoms with Gasteiger partial charge < -0.3 is 19.5 Å². The van der Waals surface area contributed by atoms with Gasteiger partial charge in [-0.15, -0.1) is 0 Å². The number of amides is 1. The molecule has 0 radical (unpaired) electrons. The van der Waals surface area contributed by atoms with Gasteiger partial charge in [0, 0.05) is 49.9 Å². The van der Waals surface area contributed by atoms with E-state index in [1.165, 1.54) is 28.4 Å². The zero-order valence-corrected chi connectivity index (χ0v) is 23.1. The van der Waals surface area contributed by atoms with Crippen molar-refractivity contribution in [2.45, 2.75) is 32.9 Å². The van der Waals surface area contributed by atoms with Crippen molar-refractivity contribution in [3.05, 3.63) is 65.0 Å². The molecule has 0 unspecified atom stereocenters. The number of Topliss-reactive ketones (excluding diaryl/α,β-unsaturated/α-hetero) is 1. The number of carbonyl (C=O) groups is 2. The van der Waals surface area contributed by atoms with Crippen LogP contribution >= 0.6 is 0 Å². The van der Waals surface area contributed by atoms with E-state index in [9.17, 15) is 23.1 Å². The van der Waals surface area contributed by atoms with E-state index >= 15 is 0 Å². The molecular weight excluding hydrogens is 522 g/mol. The number of phenolic OH excluding ortho intramolecular Hbond substituents is 1. The Balaban J connectivity index is 1.38. The highest BCUT2D eigenvalue weighted by atomic mass is 32.2. The lowest BCUT2D eigenvalue weighted by Crippen LogP contribution is -2.49. The molecule has 3 aromatic rings. The van der Waals surface area contributed by atoms with Gasteiger partial charge >= 0.3 is 6.09 Å². The summed E-state index contributed by atoms with van der Waals surface area (Å²) in [5.74, 6) is -0.0149. The maximum Gasteiger partial charge on any atom is 0.410 e. The number of nitrogens with zero attached hydrogens (tertiary/aromatic N) is 3. The molecule has 11 heteroatoms. The van der Waals surface area contributed by atoms with Crippen LogP contribution in [0.5, 0.6) is 11.5 Å². The maximum atomic E-state index is 13.3. The van der Waals surface area contributed by atoms with Crippen molar-refractivity contribution in [1.82, 2.24) is 13.8 Å². The van der Waals surface area contributed by atoms with Crippen LogP contribution in [0.1, 0.15) is 42.3 Å². The molecule has 0 atom stereocenters. The highest BCUT2D eigenvalue weighted by Gasteiger charge is 2.33. The average Bonchev–Trinajstić information content (AvgIpc) is 3.38. The number of fused-ring (bicyclic) bond motifs is 2. The highest BCUT2D eigenvalue weighted by Crippen LogP contribution is 2.40. The first-order chi connectivity index (χ1) is 18.3. The zero-order chi connectivity index (χ0) is 28.1. The number of phenols is 1. The first-order valence-corrected chi connectivity index (χ1v) is 14.5. The Morgan fingerprint density at radius 2 is 1.79 bits per heavy atom. The number of rotatable bonds is 4. The number of aromatic hydroxyl groups is 1. The van der Waals surface area contributed by atoms with Crippen LogP contribution in [-0.2, 0) is 21.3 Å². The number of hydrogen-bond donors (Lipinski definition) is 1. The fourth-order valence-electron chi connectivity index (χ4n) is 4.79. The van der Waals surface area contributed by atoms with Crippen LogP contribution in [0.25, 0.3) is 17.0 Å². The molecule has 1 aromatic heterocycles. The topological polar surface area (TPSA) is 118 Å². The fourth-order valence-corrected chi connectivity index (χ4v) is 5.62. The maximum absolute atomic E-state index is 13.3. The van der Waals surface area contributed by atoms with E-state index in [0.29, 0.717) is 60.3 Å². The number of ether oxygens (including phenoxy) is 2. The molecule has 3 heterocycles. The van der Waals surface area contributed by atoms with Crippen molar-refractivity contribution in [2.24, 2.45) is 0 Å². The SMILES string of the molecule is CC(C)(C)OC(=O)N1CCN(Cc2c(O)ccc3c2O/C(=C\c2cn(S(C)(=O)=O)c4ccccc24)C3=O)CC1. The Kier molecular flexibility index (Phi) is 6.68. The Bertz CT molecular complexity index is 1610. The third-order valence-electron chi connectivity index (χ3n) is 6.67. The molecule has 39 heavy (non-hydrogen) atoms. The minimum atomic E-state index is -3.57. The molecule has 2 aliphatic rings. The summed E-state index contributed by atoms with van der Waals surface area (Å²) in [7, 11) is -3.57. The first-order valence-electron chi connectivity index (χ1n) is 12.6. The number of hydrogen-bond acceptors (Lipinski definition) is 8. The van der Waals surface area contributed by atoms with Crippen LogP contribution < -0.4 is 4.74 Å². The largest absolute Gasteiger partial charge is 0.507 e. The molecule has 1 amide bonds. The molecule has 10 nitrogen and oxygen atoms in total. The minimum absolute atomic E-state index is 0.00560. The van der Waals surface area contributed by atoms with E-state index in [1.807, 2.05) is 20.8 Å². The summed E-state index contributed by atoms with van der Waals surface area (Å²) in [5, 5.41) is 11.3. The first kappa shape index (κ1) is 26.8. The molecule has 206 valence electrons. The molecule has 0 spiro atoms. The van der Waals surface area contributed by atoms with Crippen LogP contribution in [0.3, 0.4) is 0 Å². The molecule has 2 aliphatic heterocycles. The number of piperazine rings is 1. The Morgan fingerprint density at radius 1 is 1.10 bits per heavy atom. The zero-order valence-electron chi connectivity index (χ0n) is 22.3. The van der Waals surface area contributed by atoms with Gasteiger partial charge in [0.2, 0.25) is 15.8 Å². The van der Waals surface area contributed by atoms with Gasteiger partial charge in [-0.25, -0.2) is 17.2 Å². The van der Waals surface area contributed by atoms with Gasteiger partial charge in [-0.3, -0.25) is 9.69 Å². The third kappa shape index (κ3) is 5.37. The number of aromatic nitrogens is 1. The van der Waals surface area contributed by atoms with Crippen molar-refractivity contribution < 1.29 is 32.6 Å². The molecule has 5 rings (SSSR count). The second-order valence-electron chi connectivity index (χ2n) is 10.8. The summed E-state index contributed by atoms with van der Waals surface area (Å²) >= 11 is 0. The molecular formula is C28H31N3O7S. The lowest BCUT2D eigenvalue weighted by molar-refractivity contribution is 0.0137. The van der Waals surface area contributed by atoms with Crippen molar-refractivity contribution in [2.75, 3.05) is 32.4 Å². The van der Waals surface area contributed by atoms with Gasteiger partial charge in [-0.2, -0.15) is 0 Å². The van der Waals surface area contributed by atoms with E-state index in [-0.39, 0.29) is 29.1 Å². The van der Waals surface area contributed by atoms with E-state index < -0.39 is 15.6 Å². The standard InChI is InChI=1S/C28H31N3O7S/c1-28(2,3)38-27(34)30-13-11-29(12-14-30)17-21-23(32)10-9-20-25(33)24(37-26(20)21)15-18-16-31(39(4,35)36)22-8-6-5-7-19(18)22/h5-10,15-16,32H,11-14,17H2,1-4H3/b24-15-. The smallest absolute Gasteiger partial charge is 0.410 e. The molecule has 1 saturated heterocycles.